The van der Waals surface area contributed by atoms with E-state index in [4.69, 9.17) is 5.73 Å². The van der Waals surface area contributed by atoms with Gasteiger partial charge in [-0.2, -0.15) is 0 Å². The van der Waals surface area contributed by atoms with Crippen LogP contribution in [0.1, 0.15) is 35.3 Å². The standard InChI is InChI=1S/C17H21N3O/c1-13-5-6-15(19-10-13)16(21)12-20-9-3-8-17(18)7-2-4-14(17)11-20/h5-6,10,14H,2,4,7,9,11-12,18H2,1H3/t14-,17-/m1/s1. The predicted molar refractivity (Wildman–Crippen MR) is 81.8 cm³/mol. The van der Waals surface area contributed by atoms with Gasteiger partial charge in [-0.05, 0) is 31.4 Å². The van der Waals surface area contributed by atoms with Gasteiger partial charge >= 0.3 is 0 Å². The molecule has 0 spiro atoms. The lowest BCUT2D eigenvalue weighted by Crippen LogP contribution is -2.46. The zero-order valence-electron chi connectivity index (χ0n) is 12.4. The van der Waals surface area contributed by atoms with Crippen molar-refractivity contribution in [2.75, 3.05) is 19.6 Å². The molecule has 1 aliphatic heterocycles. The molecule has 0 aromatic carbocycles. The summed E-state index contributed by atoms with van der Waals surface area (Å²) < 4.78 is 0. The maximum atomic E-state index is 12.3. The molecular formula is C17H21N3O. The van der Waals surface area contributed by atoms with Crippen LogP contribution in [-0.2, 0) is 0 Å². The van der Waals surface area contributed by atoms with Crippen LogP contribution in [0.25, 0.3) is 0 Å². The Kier molecular flexibility index (Phi) is 3.79. The molecule has 110 valence electrons. The van der Waals surface area contributed by atoms with Crippen LogP contribution < -0.4 is 5.73 Å². The highest BCUT2D eigenvalue weighted by atomic mass is 16.1. The van der Waals surface area contributed by atoms with Gasteiger partial charge in [-0.25, -0.2) is 0 Å². The number of nitrogens with two attached hydrogens (primary N) is 1. The molecule has 2 heterocycles. The van der Waals surface area contributed by atoms with Gasteiger partial charge in [-0.15, -0.1) is 0 Å². The van der Waals surface area contributed by atoms with Crippen molar-refractivity contribution in [2.24, 2.45) is 11.7 Å². The fourth-order valence-corrected chi connectivity index (χ4v) is 3.25. The third-order valence-electron chi connectivity index (χ3n) is 4.54. The SMILES string of the molecule is Cc1ccc(C(=O)CN2CC#C[C@]3(N)CCC[C@@H]3C2)nc1. The molecule has 1 fully saturated rings. The highest BCUT2D eigenvalue weighted by molar-refractivity contribution is 5.95. The number of rotatable bonds is 3. The monoisotopic (exact) mass is 283 g/mol. The highest BCUT2D eigenvalue weighted by Gasteiger charge is 2.40. The second-order valence-electron chi connectivity index (χ2n) is 6.24. The molecule has 2 N–H and O–H groups in total. The third kappa shape index (κ3) is 2.99. The van der Waals surface area contributed by atoms with Crippen molar-refractivity contribution in [3.8, 4) is 11.8 Å². The largest absolute Gasteiger partial charge is 0.315 e. The molecule has 4 nitrogen and oxygen atoms in total. The first-order valence-electron chi connectivity index (χ1n) is 7.54. The van der Waals surface area contributed by atoms with Gasteiger partial charge in [0.1, 0.15) is 5.69 Å². The van der Waals surface area contributed by atoms with Crippen LogP contribution >= 0.6 is 0 Å². The van der Waals surface area contributed by atoms with E-state index in [1.807, 2.05) is 13.0 Å². The lowest BCUT2D eigenvalue weighted by molar-refractivity contribution is 0.0920. The minimum absolute atomic E-state index is 0.0549. The first-order chi connectivity index (χ1) is 10.1. The fourth-order valence-electron chi connectivity index (χ4n) is 3.25. The average molecular weight is 283 g/mol. The topological polar surface area (TPSA) is 59.2 Å². The van der Waals surface area contributed by atoms with Gasteiger partial charge in [0, 0.05) is 18.7 Å². The Hall–Kier alpha value is -1.70. The number of hydrogen-bond donors (Lipinski definition) is 1. The van der Waals surface area contributed by atoms with E-state index in [1.165, 1.54) is 0 Å². The minimum Gasteiger partial charge on any atom is -0.315 e. The molecule has 0 saturated heterocycles. The summed E-state index contributed by atoms with van der Waals surface area (Å²) in [6, 6.07) is 3.72. The van der Waals surface area contributed by atoms with Gasteiger partial charge in [0.15, 0.2) is 5.78 Å². The quantitative estimate of drug-likeness (QED) is 0.673. The van der Waals surface area contributed by atoms with E-state index >= 15 is 0 Å². The average Bonchev–Trinajstić information content (AvgIpc) is 2.73. The first-order valence-corrected chi connectivity index (χ1v) is 7.54. The van der Waals surface area contributed by atoms with Crippen molar-refractivity contribution in [1.82, 2.24) is 9.88 Å². The number of hydrogen-bond acceptors (Lipinski definition) is 4. The summed E-state index contributed by atoms with van der Waals surface area (Å²) in [5.74, 6) is 6.82. The van der Waals surface area contributed by atoms with E-state index in [0.717, 1.165) is 31.4 Å². The summed E-state index contributed by atoms with van der Waals surface area (Å²) >= 11 is 0. The summed E-state index contributed by atoms with van der Waals surface area (Å²) in [5, 5.41) is 0. The Morgan fingerprint density at radius 2 is 2.43 bits per heavy atom. The minimum atomic E-state index is -0.333. The van der Waals surface area contributed by atoms with Crippen molar-refractivity contribution >= 4 is 5.78 Å². The van der Waals surface area contributed by atoms with Crippen molar-refractivity contribution in [3.05, 3.63) is 29.6 Å². The lowest BCUT2D eigenvalue weighted by Gasteiger charge is -2.28. The van der Waals surface area contributed by atoms with E-state index in [-0.39, 0.29) is 11.3 Å². The molecule has 1 aromatic rings. The molecule has 4 heteroatoms. The van der Waals surface area contributed by atoms with Crippen molar-refractivity contribution in [3.63, 3.8) is 0 Å². The summed E-state index contributed by atoms with van der Waals surface area (Å²) in [7, 11) is 0. The third-order valence-corrected chi connectivity index (χ3v) is 4.54. The number of nitrogens with zero attached hydrogens (tertiary/aromatic N) is 2. The van der Waals surface area contributed by atoms with Crippen LogP contribution in [0.2, 0.25) is 0 Å². The molecule has 1 aliphatic carbocycles. The highest BCUT2D eigenvalue weighted by Crippen LogP contribution is 2.34. The van der Waals surface area contributed by atoms with Crippen molar-refractivity contribution < 1.29 is 4.79 Å². The molecule has 0 amide bonds. The molecule has 21 heavy (non-hydrogen) atoms. The molecule has 1 aromatic heterocycles. The predicted octanol–water partition coefficient (Wildman–Crippen LogP) is 1.39. The molecule has 0 bridgehead atoms. The van der Waals surface area contributed by atoms with Crippen molar-refractivity contribution in [1.29, 1.82) is 0 Å². The lowest BCUT2D eigenvalue weighted by atomic mass is 9.89. The molecule has 2 atom stereocenters. The Bertz CT molecular complexity index is 599. The van der Waals surface area contributed by atoms with Crippen LogP contribution in [0, 0.1) is 24.7 Å². The first kappa shape index (κ1) is 14.2. The normalized spacial score (nSPS) is 28.4. The number of aryl methyl sites for hydroxylation is 1. The fraction of sp³-hybridized carbons (Fsp3) is 0.529. The van der Waals surface area contributed by atoms with Crippen LogP contribution in [0.3, 0.4) is 0 Å². The number of carbonyl (C=O) groups is 1. The smallest absolute Gasteiger partial charge is 0.195 e. The molecule has 0 radical (unpaired) electrons. The van der Waals surface area contributed by atoms with Crippen LogP contribution in [0.15, 0.2) is 18.3 Å². The van der Waals surface area contributed by atoms with Crippen LogP contribution in [-0.4, -0.2) is 40.8 Å². The Balaban J connectivity index is 1.67. The Labute approximate surface area is 125 Å². The van der Waals surface area contributed by atoms with Gasteiger partial charge in [0.2, 0.25) is 0 Å². The van der Waals surface area contributed by atoms with E-state index in [1.54, 1.807) is 12.3 Å². The molecular weight excluding hydrogens is 262 g/mol. The number of aromatic nitrogens is 1. The zero-order valence-corrected chi connectivity index (χ0v) is 12.4. The van der Waals surface area contributed by atoms with Gasteiger partial charge in [-0.3, -0.25) is 14.7 Å². The summed E-state index contributed by atoms with van der Waals surface area (Å²) in [6.45, 7) is 3.80. The number of carbonyl (C=O) groups excluding carboxylic acids is 1. The maximum absolute atomic E-state index is 12.3. The van der Waals surface area contributed by atoms with Crippen LogP contribution in [0.5, 0.6) is 0 Å². The second kappa shape index (κ2) is 5.59. The Morgan fingerprint density at radius 3 is 3.19 bits per heavy atom. The van der Waals surface area contributed by atoms with Gasteiger partial charge in [0.05, 0.1) is 18.6 Å². The van der Waals surface area contributed by atoms with Gasteiger partial charge in [0.25, 0.3) is 0 Å². The number of fused-ring (bicyclic) bond motifs is 1. The second-order valence-corrected chi connectivity index (χ2v) is 6.24. The van der Waals surface area contributed by atoms with Gasteiger partial charge in [-0.1, -0.05) is 24.3 Å². The van der Waals surface area contributed by atoms with Crippen molar-refractivity contribution in [2.45, 2.75) is 31.7 Å². The van der Waals surface area contributed by atoms with E-state index in [2.05, 4.69) is 21.7 Å². The summed E-state index contributed by atoms with van der Waals surface area (Å²) in [4.78, 5) is 18.6. The molecule has 0 unspecified atom stereocenters. The maximum Gasteiger partial charge on any atom is 0.195 e. The summed E-state index contributed by atoms with van der Waals surface area (Å²) in [5.41, 5.74) is 7.65. The summed E-state index contributed by atoms with van der Waals surface area (Å²) in [6.07, 6.45) is 4.96. The number of pyridine rings is 1. The zero-order chi connectivity index (χ0) is 14.9. The van der Waals surface area contributed by atoms with E-state index in [0.29, 0.717) is 24.7 Å². The number of Topliss-reactive ketones (excluding diaryl/α,β-unsaturated/α-hetero) is 1. The Morgan fingerprint density at radius 1 is 1.57 bits per heavy atom. The van der Waals surface area contributed by atoms with E-state index < -0.39 is 0 Å². The molecule has 1 saturated carbocycles. The van der Waals surface area contributed by atoms with E-state index in [9.17, 15) is 4.79 Å². The van der Waals surface area contributed by atoms with Gasteiger partial charge < -0.3 is 5.73 Å². The molecule has 3 rings (SSSR count). The molecule has 2 aliphatic rings. The van der Waals surface area contributed by atoms with Crippen LogP contribution in [0.4, 0.5) is 0 Å². The number of ketones is 1.